The van der Waals surface area contributed by atoms with E-state index in [-0.39, 0.29) is 24.0 Å². The fraction of sp³-hybridized carbons (Fsp3) is 0.611. The summed E-state index contributed by atoms with van der Waals surface area (Å²) in [7, 11) is 0. The first-order valence-corrected chi connectivity index (χ1v) is 9.98. The standard InChI is InChI=1S/C18H30N6S.HI/c1-4-17-23-22-14-24(17)12-11-21-18(19-9-7-15(2)3)20-10-8-16-6-5-13-25-16;/h5-6,13-15H,4,7-12H2,1-3H3,(H2,19,20,21);1H. The van der Waals surface area contributed by atoms with Crippen LogP contribution in [0.1, 0.15) is 37.9 Å². The van der Waals surface area contributed by atoms with Crippen LogP contribution in [0.5, 0.6) is 0 Å². The van der Waals surface area contributed by atoms with Gasteiger partial charge in [-0.1, -0.05) is 26.8 Å². The molecule has 2 rings (SSSR count). The first-order valence-electron chi connectivity index (χ1n) is 9.10. The van der Waals surface area contributed by atoms with Gasteiger partial charge in [-0.25, -0.2) is 0 Å². The van der Waals surface area contributed by atoms with E-state index in [1.165, 1.54) is 4.88 Å². The van der Waals surface area contributed by atoms with Crippen molar-refractivity contribution in [1.29, 1.82) is 0 Å². The molecule has 26 heavy (non-hydrogen) atoms. The summed E-state index contributed by atoms with van der Waals surface area (Å²) in [5, 5.41) is 17.1. The molecule has 2 heterocycles. The van der Waals surface area contributed by atoms with Gasteiger partial charge in [0.05, 0.1) is 0 Å². The average molecular weight is 490 g/mol. The molecule has 146 valence electrons. The largest absolute Gasteiger partial charge is 0.356 e. The smallest absolute Gasteiger partial charge is 0.191 e. The summed E-state index contributed by atoms with van der Waals surface area (Å²) in [6.07, 6.45) is 4.81. The van der Waals surface area contributed by atoms with E-state index in [0.29, 0.717) is 5.92 Å². The second kappa shape index (κ2) is 13.1. The number of guanidine groups is 1. The lowest BCUT2D eigenvalue weighted by Crippen LogP contribution is -2.40. The highest BCUT2D eigenvalue weighted by Gasteiger charge is 2.03. The molecule has 6 nitrogen and oxygen atoms in total. The van der Waals surface area contributed by atoms with Gasteiger partial charge in [-0.2, -0.15) is 0 Å². The lowest BCUT2D eigenvalue weighted by Gasteiger charge is -2.13. The molecule has 0 spiro atoms. The summed E-state index contributed by atoms with van der Waals surface area (Å²) in [5.74, 6) is 2.58. The zero-order chi connectivity index (χ0) is 17.9. The van der Waals surface area contributed by atoms with Crippen molar-refractivity contribution < 1.29 is 0 Å². The van der Waals surface area contributed by atoms with E-state index in [4.69, 9.17) is 4.99 Å². The van der Waals surface area contributed by atoms with Crippen LogP contribution in [-0.4, -0.2) is 40.4 Å². The molecule has 0 atom stereocenters. The molecule has 0 saturated carbocycles. The van der Waals surface area contributed by atoms with Crippen LogP contribution in [0.2, 0.25) is 0 Å². The van der Waals surface area contributed by atoms with Crippen molar-refractivity contribution in [2.24, 2.45) is 10.9 Å². The molecular formula is C18H31IN6S. The molecule has 2 aromatic heterocycles. The predicted molar refractivity (Wildman–Crippen MR) is 121 cm³/mol. The van der Waals surface area contributed by atoms with E-state index in [9.17, 15) is 0 Å². The van der Waals surface area contributed by atoms with Crippen LogP contribution in [0.4, 0.5) is 0 Å². The second-order valence-corrected chi connectivity index (χ2v) is 7.42. The maximum absolute atomic E-state index is 4.70. The zero-order valence-electron chi connectivity index (χ0n) is 15.9. The Balaban J connectivity index is 0.00000338. The molecule has 0 unspecified atom stereocenters. The van der Waals surface area contributed by atoms with Crippen LogP contribution in [-0.2, 0) is 19.4 Å². The number of hydrogen-bond donors (Lipinski definition) is 2. The van der Waals surface area contributed by atoms with E-state index < -0.39 is 0 Å². The quantitative estimate of drug-likeness (QED) is 0.305. The molecule has 2 N–H and O–H groups in total. The monoisotopic (exact) mass is 490 g/mol. The van der Waals surface area contributed by atoms with Crippen LogP contribution in [0.15, 0.2) is 28.8 Å². The van der Waals surface area contributed by atoms with E-state index in [2.05, 4.69) is 63.7 Å². The summed E-state index contributed by atoms with van der Waals surface area (Å²) in [6.45, 7) is 9.93. The SMILES string of the molecule is CCc1nncn1CCNC(=NCCC(C)C)NCCc1cccs1.I. The van der Waals surface area contributed by atoms with Gasteiger partial charge in [0.15, 0.2) is 5.96 Å². The van der Waals surface area contributed by atoms with Gasteiger partial charge in [-0.15, -0.1) is 45.5 Å². The molecule has 0 aliphatic rings. The highest BCUT2D eigenvalue weighted by molar-refractivity contribution is 14.0. The van der Waals surface area contributed by atoms with Crippen LogP contribution in [0, 0.1) is 5.92 Å². The molecule has 0 fully saturated rings. The molecule has 0 radical (unpaired) electrons. The van der Waals surface area contributed by atoms with Gasteiger partial charge in [0.2, 0.25) is 0 Å². The predicted octanol–water partition coefficient (Wildman–Crippen LogP) is 3.34. The number of thiophene rings is 1. The van der Waals surface area contributed by atoms with Crippen molar-refractivity contribution in [2.75, 3.05) is 19.6 Å². The van der Waals surface area contributed by atoms with Gasteiger partial charge in [0, 0.05) is 37.5 Å². The molecule has 0 aliphatic carbocycles. The van der Waals surface area contributed by atoms with E-state index in [0.717, 1.165) is 57.2 Å². The number of rotatable bonds is 10. The molecule has 0 aliphatic heterocycles. The first kappa shape index (κ1) is 22.9. The van der Waals surface area contributed by atoms with Crippen LogP contribution in [0.3, 0.4) is 0 Å². The Hall–Kier alpha value is -1.16. The number of aromatic nitrogens is 3. The van der Waals surface area contributed by atoms with Crippen molar-refractivity contribution in [3.63, 3.8) is 0 Å². The Bertz CT molecular complexity index is 623. The number of aliphatic imine (C=N–C) groups is 1. The molecule has 0 saturated heterocycles. The Morgan fingerprint density at radius 1 is 1.31 bits per heavy atom. The fourth-order valence-corrected chi connectivity index (χ4v) is 3.11. The third-order valence-corrected chi connectivity index (χ3v) is 4.81. The van der Waals surface area contributed by atoms with Gasteiger partial charge in [-0.3, -0.25) is 4.99 Å². The summed E-state index contributed by atoms with van der Waals surface area (Å²) >= 11 is 1.80. The van der Waals surface area contributed by atoms with Crippen molar-refractivity contribution >= 4 is 41.3 Å². The summed E-state index contributed by atoms with van der Waals surface area (Å²) in [6, 6.07) is 4.27. The van der Waals surface area contributed by atoms with E-state index in [1.807, 2.05) is 0 Å². The second-order valence-electron chi connectivity index (χ2n) is 6.39. The average Bonchev–Trinajstić information content (AvgIpc) is 3.25. The molecule has 0 bridgehead atoms. The van der Waals surface area contributed by atoms with Gasteiger partial charge in [-0.05, 0) is 30.2 Å². The number of halogens is 1. The Labute approximate surface area is 177 Å². The maximum Gasteiger partial charge on any atom is 0.191 e. The van der Waals surface area contributed by atoms with Crippen LogP contribution >= 0.6 is 35.3 Å². The Morgan fingerprint density at radius 3 is 2.81 bits per heavy atom. The van der Waals surface area contributed by atoms with E-state index >= 15 is 0 Å². The van der Waals surface area contributed by atoms with Crippen molar-refractivity contribution in [3.8, 4) is 0 Å². The number of hydrogen-bond acceptors (Lipinski definition) is 4. The summed E-state index contributed by atoms with van der Waals surface area (Å²) < 4.78 is 2.09. The molecular weight excluding hydrogens is 459 g/mol. The third kappa shape index (κ3) is 8.48. The number of aryl methyl sites for hydroxylation is 1. The Morgan fingerprint density at radius 2 is 2.12 bits per heavy atom. The minimum atomic E-state index is 0. The van der Waals surface area contributed by atoms with E-state index in [1.54, 1.807) is 17.7 Å². The lowest BCUT2D eigenvalue weighted by atomic mass is 10.1. The van der Waals surface area contributed by atoms with Crippen molar-refractivity contribution in [1.82, 2.24) is 25.4 Å². The number of nitrogens with one attached hydrogen (secondary N) is 2. The topological polar surface area (TPSA) is 67.1 Å². The molecule has 0 amide bonds. The third-order valence-electron chi connectivity index (χ3n) is 3.88. The highest BCUT2D eigenvalue weighted by atomic mass is 127. The molecule has 8 heteroatoms. The van der Waals surface area contributed by atoms with Crippen molar-refractivity contribution in [3.05, 3.63) is 34.5 Å². The van der Waals surface area contributed by atoms with Gasteiger partial charge >= 0.3 is 0 Å². The fourth-order valence-electron chi connectivity index (χ4n) is 2.40. The minimum Gasteiger partial charge on any atom is -0.356 e. The summed E-state index contributed by atoms with van der Waals surface area (Å²) in [4.78, 5) is 6.10. The van der Waals surface area contributed by atoms with Crippen molar-refractivity contribution in [2.45, 2.75) is 46.6 Å². The first-order chi connectivity index (χ1) is 12.2. The molecule has 2 aromatic rings. The number of nitrogens with zero attached hydrogens (tertiary/aromatic N) is 4. The maximum atomic E-state index is 4.70. The van der Waals surface area contributed by atoms with Crippen LogP contribution in [0.25, 0.3) is 0 Å². The lowest BCUT2D eigenvalue weighted by molar-refractivity contribution is 0.591. The highest BCUT2D eigenvalue weighted by Crippen LogP contribution is 2.08. The summed E-state index contributed by atoms with van der Waals surface area (Å²) in [5.41, 5.74) is 0. The zero-order valence-corrected chi connectivity index (χ0v) is 19.1. The minimum absolute atomic E-state index is 0. The molecule has 0 aromatic carbocycles. The van der Waals surface area contributed by atoms with Crippen LogP contribution < -0.4 is 10.6 Å². The van der Waals surface area contributed by atoms with Gasteiger partial charge in [0.25, 0.3) is 0 Å². The van der Waals surface area contributed by atoms with Gasteiger partial charge < -0.3 is 15.2 Å². The normalized spacial score (nSPS) is 11.5. The Kier molecular flexibility index (Phi) is 11.5. The van der Waals surface area contributed by atoms with Gasteiger partial charge in [0.1, 0.15) is 12.2 Å².